The quantitative estimate of drug-likeness (QED) is 0.671. The molecule has 2 aromatic heterocycles. The Balaban J connectivity index is 1.73. The minimum absolute atomic E-state index is 0.00933. The number of hydrogen-bond acceptors (Lipinski definition) is 8. The Kier molecular flexibility index (Phi) is 5.29. The van der Waals surface area contributed by atoms with Gasteiger partial charge in [-0.05, 0) is 30.6 Å². The molecule has 0 saturated heterocycles. The van der Waals surface area contributed by atoms with Gasteiger partial charge in [0.2, 0.25) is 5.91 Å². The van der Waals surface area contributed by atoms with Gasteiger partial charge < -0.3 is 10.5 Å². The lowest BCUT2D eigenvalue weighted by atomic mass is 10.2. The predicted octanol–water partition coefficient (Wildman–Crippen LogP) is 3.53. The summed E-state index contributed by atoms with van der Waals surface area (Å²) in [6.45, 7) is 3.17. The maximum atomic E-state index is 12.2. The Morgan fingerprint density at radius 2 is 2.00 bits per heavy atom. The Hall–Kier alpha value is -2.78. The lowest BCUT2D eigenvalue weighted by Gasteiger charge is -2.17. The van der Waals surface area contributed by atoms with Gasteiger partial charge in [-0.25, -0.2) is 9.78 Å². The van der Waals surface area contributed by atoms with E-state index >= 15 is 0 Å². The zero-order valence-electron chi connectivity index (χ0n) is 14.1. The van der Waals surface area contributed by atoms with Crippen molar-refractivity contribution in [2.75, 3.05) is 10.6 Å². The van der Waals surface area contributed by atoms with E-state index in [1.165, 1.54) is 23.2 Å². The lowest BCUT2D eigenvalue weighted by Crippen LogP contribution is -2.22. The molecule has 0 aliphatic heterocycles. The van der Waals surface area contributed by atoms with Gasteiger partial charge in [0.1, 0.15) is 17.2 Å². The van der Waals surface area contributed by atoms with Crippen LogP contribution in [0.25, 0.3) is 0 Å². The smallest absolute Gasteiger partial charge is 0.343 e. The fourth-order valence-corrected chi connectivity index (χ4v) is 3.84. The molecule has 0 bridgehead atoms. The number of nitrogens with zero attached hydrogens (tertiary/aromatic N) is 3. The van der Waals surface area contributed by atoms with Crippen molar-refractivity contribution < 1.29 is 14.3 Å². The van der Waals surface area contributed by atoms with Crippen LogP contribution in [0, 0.1) is 6.92 Å². The van der Waals surface area contributed by atoms with Crippen LogP contribution in [0.4, 0.5) is 15.8 Å². The molecule has 1 amide bonds. The molecule has 0 saturated carbocycles. The summed E-state index contributed by atoms with van der Waals surface area (Å²) in [5.41, 5.74) is 7.87. The summed E-state index contributed by atoms with van der Waals surface area (Å²) in [5.74, 6) is -0.684. The third-order valence-electron chi connectivity index (χ3n) is 3.50. The van der Waals surface area contributed by atoms with Crippen LogP contribution in [0.5, 0.6) is 0 Å². The van der Waals surface area contributed by atoms with Crippen molar-refractivity contribution in [1.82, 2.24) is 9.36 Å². The number of anilines is 3. The Morgan fingerprint density at radius 1 is 1.27 bits per heavy atom. The second-order valence-corrected chi connectivity index (χ2v) is 7.04. The Labute approximate surface area is 158 Å². The summed E-state index contributed by atoms with van der Waals surface area (Å²) >= 11 is 2.36. The van der Waals surface area contributed by atoms with E-state index < -0.39 is 5.97 Å². The second-order valence-electron chi connectivity index (χ2n) is 5.39. The molecule has 3 rings (SSSR count). The average Bonchev–Trinajstić information content (AvgIpc) is 3.20. The number of nitrogens with two attached hydrogens (primary N) is 1. The van der Waals surface area contributed by atoms with Crippen LogP contribution in [0.15, 0.2) is 35.7 Å². The van der Waals surface area contributed by atoms with Gasteiger partial charge >= 0.3 is 5.97 Å². The predicted molar refractivity (Wildman–Crippen MR) is 102 cm³/mol. The van der Waals surface area contributed by atoms with E-state index in [2.05, 4.69) is 9.36 Å². The highest BCUT2D eigenvalue weighted by atomic mass is 32.1. The first kappa shape index (κ1) is 18.0. The van der Waals surface area contributed by atoms with E-state index in [4.69, 9.17) is 10.5 Å². The number of ether oxygens (including phenoxy) is 1. The first-order valence-corrected chi connectivity index (χ1v) is 9.31. The van der Waals surface area contributed by atoms with E-state index in [1.54, 1.807) is 12.3 Å². The van der Waals surface area contributed by atoms with E-state index in [1.807, 2.05) is 30.3 Å². The summed E-state index contributed by atoms with van der Waals surface area (Å²) in [6.07, 6.45) is 0. The van der Waals surface area contributed by atoms with Crippen LogP contribution in [-0.4, -0.2) is 21.2 Å². The van der Waals surface area contributed by atoms with Gasteiger partial charge in [0.15, 0.2) is 5.13 Å². The molecule has 0 aliphatic rings. The van der Waals surface area contributed by atoms with Crippen LogP contribution in [0.3, 0.4) is 0 Å². The number of esters is 1. The molecule has 26 heavy (non-hydrogen) atoms. The van der Waals surface area contributed by atoms with Crippen LogP contribution < -0.4 is 10.6 Å². The van der Waals surface area contributed by atoms with Crippen molar-refractivity contribution in [3.63, 3.8) is 0 Å². The fraction of sp³-hybridized carbons (Fsp3) is 0.176. The van der Waals surface area contributed by atoms with E-state index in [0.29, 0.717) is 27.1 Å². The molecule has 0 unspecified atom stereocenters. The largest absolute Gasteiger partial charge is 0.455 e. The molecule has 1 aromatic carbocycles. The number of carbonyl (C=O) groups is 2. The lowest BCUT2D eigenvalue weighted by molar-refractivity contribution is -0.115. The van der Waals surface area contributed by atoms with Crippen molar-refractivity contribution in [3.8, 4) is 0 Å². The molecular formula is C17H16N4O3S2. The van der Waals surface area contributed by atoms with E-state index in [9.17, 15) is 9.59 Å². The number of rotatable bonds is 5. The maximum absolute atomic E-state index is 12.2. The highest BCUT2D eigenvalue weighted by Crippen LogP contribution is 2.29. The molecule has 0 atom stereocenters. The Bertz CT molecular complexity index is 917. The summed E-state index contributed by atoms with van der Waals surface area (Å²) in [4.78, 5) is 30.1. The summed E-state index contributed by atoms with van der Waals surface area (Å²) in [6, 6.07) is 9.24. The van der Waals surface area contributed by atoms with Gasteiger partial charge in [0.25, 0.3) is 0 Å². The Morgan fingerprint density at radius 3 is 2.62 bits per heavy atom. The molecule has 7 nitrogen and oxygen atoms in total. The number of amides is 1. The fourth-order valence-electron chi connectivity index (χ4n) is 2.32. The first-order valence-electron chi connectivity index (χ1n) is 7.66. The number of thiazole rings is 1. The van der Waals surface area contributed by atoms with Crippen LogP contribution in [0.1, 0.15) is 28.7 Å². The van der Waals surface area contributed by atoms with Crippen LogP contribution in [0.2, 0.25) is 0 Å². The first-order chi connectivity index (χ1) is 12.5. The minimum Gasteiger partial charge on any atom is -0.455 e. The van der Waals surface area contributed by atoms with Crippen LogP contribution >= 0.6 is 22.9 Å². The second kappa shape index (κ2) is 7.63. The molecule has 2 N–H and O–H groups in total. The number of para-hydroxylation sites is 1. The standard InChI is InChI=1S/C17H16N4O3S2/c1-10-14(15(18)26-20-10)16(23)24-8-12-9-25-17(19-12)21(11(2)22)13-6-4-3-5-7-13/h3-7,9H,8,18H2,1-2H3. The van der Waals surface area contributed by atoms with Crippen LogP contribution in [-0.2, 0) is 16.1 Å². The van der Waals surface area contributed by atoms with Gasteiger partial charge in [-0.3, -0.25) is 9.69 Å². The minimum atomic E-state index is -0.533. The summed E-state index contributed by atoms with van der Waals surface area (Å²) < 4.78 is 9.31. The molecule has 0 radical (unpaired) electrons. The summed E-state index contributed by atoms with van der Waals surface area (Å²) in [5, 5.41) is 2.60. The number of hydrogen-bond donors (Lipinski definition) is 1. The van der Waals surface area contributed by atoms with Crippen molar-refractivity contribution in [2.45, 2.75) is 20.5 Å². The SMILES string of the molecule is CC(=O)N(c1ccccc1)c1nc(COC(=O)c2c(C)nsc2N)cs1. The molecular weight excluding hydrogens is 372 g/mol. The zero-order chi connectivity index (χ0) is 18.7. The van der Waals surface area contributed by atoms with Gasteiger partial charge in [-0.15, -0.1) is 11.3 Å². The van der Waals surface area contributed by atoms with Gasteiger partial charge in [-0.2, -0.15) is 4.37 Å². The van der Waals surface area contributed by atoms with E-state index in [-0.39, 0.29) is 12.5 Å². The zero-order valence-corrected chi connectivity index (χ0v) is 15.8. The topological polar surface area (TPSA) is 98.4 Å². The van der Waals surface area contributed by atoms with Gasteiger partial charge in [0.05, 0.1) is 17.1 Å². The molecule has 3 aromatic rings. The van der Waals surface area contributed by atoms with Gasteiger partial charge in [0, 0.05) is 12.3 Å². The molecule has 134 valence electrons. The van der Waals surface area contributed by atoms with Crippen molar-refractivity contribution in [3.05, 3.63) is 52.7 Å². The molecule has 0 aliphatic carbocycles. The number of benzene rings is 1. The highest BCUT2D eigenvalue weighted by molar-refractivity contribution is 7.14. The van der Waals surface area contributed by atoms with Gasteiger partial charge in [-0.1, -0.05) is 18.2 Å². The van der Waals surface area contributed by atoms with Crippen molar-refractivity contribution >= 4 is 50.6 Å². The van der Waals surface area contributed by atoms with E-state index in [0.717, 1.165) is 17.2 Å². The normalized spacial score (nSPS) is 10.5. The van der Waals surface area contributed by atoms with Crippen molar-refractivity contribution in [2.24, 2.45) is 0 Å². The third-order valence-corrected chi connectivity index (χ3v) is 5.15. The molecule has 2 heterocycles. The van der Waals surface area contributed by atoms with Crippen molar-refractivity contribution in [1.29, 1.82) is 0 Å². The molecule has 0 spiro atoms. The number of nitrogen functional groups attached to an aromatic ring is 1. The highest BCUT2D eigenvalue weighted by Gasteiger charge is 2.20. The summed E-state index contributed by atoms with van der Waals surface area (Å²) in [7, 11) is 0. The number of aromatic nitrogens is 2. The third kappa shape index (κ3) is 3.73. The number of aryl methyl sites for hydroxylation is 1. The molecule has 0 fully saturated rings. The number of carbonyl (C=O) groups excluding carboxylic acids is 2. The average molecular weight is 388 g/mol. The maximum Gasteiger partial charge on any atom is 0.343 e. The monoisotopic (exact) mass is 388 g/mol. The molecule has 9 heteroatoms.